The van der Waals surface area contributed by atoms with E-state index in [1.807, 2.05) is 28.8 Å². The standard InChI is InChI=1S/C17H18ClN5O2/c1-25-14-6-5-12(18)10-13(14)19-8-7-17(24)20-11-16-22-21-15-4-2-3-9-23(15)16/h2-6,9-10,19H,7-8,11H2,1H3,(H,20,24). The monoisotopic (exact) mass is 359 g/mol. The minimum absolute atomic E-state index is 0.0822. The van der Waals surface area contributed by atoms with E-state index in [-0.39, 0.29) is 5.91 Å². The van der Waals surface area contributed by atoms with Crippen LogP contribution < -0.4 is 15.4 Å². The van der Waals surface area contributed by atoms with Gasteiger partial charge in [0.15, 0.2) is 11.5 Å². The number of nitrogens with one attached hydrogen (secondary N) is 2. The Labute approximate surface area is 150 Å². The summed E-state index contributed by atoms with van der Waals surface area (Å²) in [6.45, 7) is 0.785. The molecule has 0 fully saturated rings. The van der Waals surface area contributed by atoms with Crippen molar-refractivity contribution in [3.63, 3.8) is 0 Å². The van der Waals surface area contributed by atoms with Crippen molar-refractivity contribution in [2.75, 3.05) is 19.0 Å². The van der Waals surface area contributed by atoms with Gasteiger partial charge in [0.25, 0.3) is 0 Å². The maximum Gasteiger partial charge on any atom is 0.222 e. The van der Waals surface area contributed by atoms with Crippen LogP contribution in [-0.4, -0.2) is 34.2 Å². The van der Waals surface area contributed by atoms with Gasteiger partial charge in [-0.3, -0.25) is 9.20 Å². The van der Waals surface area contributed by atoms with Crippen LogP contribution in [-0.2, 0) is 11.3 Å². The summed E-state index contributed by atoms with van der Waals surface area (Å²) in [5.41, 5.74) is 1.51. The van der Waals surface area contributed by atoms with E-state index in [0.29, 0.717) is 36.1 Å². The first kappa shape index (κ1) is 17.0. The van der Waals surface area contributed by atoms with Crippen LogP contribution in [0.3, 0.4) is 0 Å². The number of hydrogen-bond donors (Lipinski definition) is 2. The number of aromatic nitrogens is 3. The van der Waals surface area contributed by atoms with Gasteiger partial charge in [0.1, 0.15) is 5.75 Å². The highest BCUT2D eigenvalue weighted by molar-refractivity contribution is 6.30. The third-order valence-electron chi connectivity index (χ3n) is 3.66. The van der Waals surface area contributed by atoms with Crippen molar-refractivity contribution in [2.45, 2.75) is 13.0 Å². The summed E-state index contributed by atoms with van der Waals surface area (Å²) in [5, 5.41) is 14.7. The molecule has 3 aromatic rings. The first-order chi connectivity index (χ1) is 12.2. The lowest BCUT2D eigenvalue weighted by atomic mass is 10.2. The summed E-state index contributed by atoms with van der Waals surface area (Å²) in [4.78, 5) is 12.0. The zero-order valence-corrected chi connectivity index (χ0v) is 14.5. The Morgan fingerprint density at radius 3 is 3.00 bits per heavy atom. The van der Waals surface area contributed by atoms with E-state index in [2.05, 4.69) is 20.8 Å². The van der Waals surface area contributed by atoms with Crippen LogP contribution in [0.15, 0.2) is 42.6 Å². The first-order valence-electron chi connectivity index (χ1n) is 7.80. The molecule has 3 rings (SSSR count). The summed E-state index contributed by atoms with van der Waals surface area (Å²) in [6, 6.07) is 10.9. The predicted octanol–water partition coefficient (Wildman–Crippen LogP) is 2.51. The van der Waals surface area contributed by atoms with Gasteiger partial charge in [-0.15, -0.1) is 10.2 Å². The molecule has 2 heterocycles. The van der Waals surface area contributed by atoms with E-state index in [1.54, 1.807) is 25.3 Å². The number of anilines is 1. The van der Waals surface area contributed by atoms with Gasteiger partial charge in [0.05, 0.1) is 19.3 Å². The summed E-state index contributed by atoms with van der Waals surface area (Å²) in [5.74, 6) is 1.29. The van der Waals surface area contributed by atoms with Crippen LogP contribution in [0.4, 0.5) is 5.69 Å². The molecule has 0 saturated carbocycles. The summed E-state index contributed by atoms with van der Waals surface area (Å²) in [6.07, 6.45) is 2.18. The fourth-order valence-corrected chi connectivity index (χ4v) is 2.58. The maximum atomic E-state index is 12.0. The number of ether oxygens (including phenoxy) is 1. The number of halogens is 1. The normalized spacial score (nSPS) is 10.6. The second-order valence-electron chi connectivity index (χ2n) is 5.34. The number of methoxy groups -OCH3 is 1. The summed E-state index contributed by atoms with van der Waals surface area (Å²) < 4.78 is 7.10. The average Bonchev–Trinajstić information content (AvgIpc) is 3.03. The van der Waals surface area contributed by atoms with Crippen molar-refractivity contribution >= 4 is 28.8 Å². The minimum Gasteiger partial charge on any atom is -0.495 e. The number of carbonyl (C=O) groups is 1. The highest BCUT2D eigenvalue weighted by atomic mass is 35.5. The summed E-state index contributed by atoms with van der Waals surface area (Å²) in [7, 11) is 1.59. The number of hydrogen-bond acceptors (Lipinski definition) is 5. The molecule has 7 nitrogen and oxygen atoms in total. The van der Waals surface area contributed by atoms with E-state index in [9.17, 15) is 4.79 Å². The molecule has 25 heavy (non-hydrogen) atoms. The second kappa shape index (κ2) is 7.85. The Balaban J connectivity index is 1.49. The number of pyridine rings is 1. The van der Waals surface area contributed by atoms with Crippen LogP contribution in [0.2, 0.25) is 5.02 Å². The van der Waals surface area contributed by atoms with Crippen molar-refractivity contribution in [3.05, 3.63) is 53.4 Å². The molecule has 0 saturated heterocycles. The molecular weight excluding hydrogens is 342 g/mol. The fourth-order valence-electron chi connectivity index (χ4n) is 2.41. The number of carbonyl (C=O) groups excluding carboxylic acids is 1. The molecule has 130 valence electrons. The summed E-state index contributed by atoms with van der Waals surface area (Å²) >= 11 is 5.98. The third-order valence-corrected chi connectivity index (χ3v) is 3.89. The third kappa shape index (κ3) is 4.19. The van der Waals surface area contributed by atoms with Crippen LogP contribution >= 0.6 is 11.6 Å². The van der Waals surface area contributed by atoms with Crippen LogP contribution in [0.5, 0.6) is 5.75 Å². The van der Waals surface area contributed by atoms with Gasteiger partial charge < -0.3 is 15.4 Å². The fraction of sp³-hybridized carbons (Fsp3) is 0.235. The van der Waals surface area contributed by atoms with Crippen LogP contribution in [0.1, 0.15) is 12.2 Å². The molecule has 0 spiro atoms. The molecule has 0 aliphatic heterocycles. The van der Waals surface area contributed by atoms with E-state index < -0.39 is 0 Å². The second-order valence-corrected chi connectivity index (χ2v) is 5.78. The van der Waals surface area contributed by atoms with Crippen LogP contribution in [0.25, 0.3) is 5.65 Å². The number of nitrogens with zero attached hydrogens (tertiary/aromatic N) is 3. The van der Waals surface area contributed by atoms with Crippen LogP contribution in [0, 0.1) is 0 Å². The van der Waals surface area contributed by atoms with Crippen molar-refractivity contribution in [3.8, 4) is 5.75 Å². The highest BCUT2D eigenvalue weighted by Crippen LogP contribution is 2.27. The maximum absolute atomic E-state index is 12.0. The molecule has 0 aliphatic carbocycles. The SMILES string of the molecule is COc1ccc(Cl)cc1NCCC(=O)NCc1nnc2ccccn12. The van der Waals surface area contributed by atoms with E-state index in [1.165, 1.54) is 0 Å². The van der Waals surface area contributed by atoms with Gasteiger partial charge in [-0.2, -0.15) is 0 Å². The van der Waals surface area contributed by atoms with Crippen molar-refractivity contribution < 1.29 is 9.53 Å². The van der Waals surface area contributed by atoms with Crippen molar-refractivity contribution in [2.24, 2.45) is 0 Å². The van der Waals surface area contributed by atoms with E-state index in [0.717, 1.165) is 11.3 Å². The van der Waals surface area contributed by atoms with Gasteiger partial charge in [-0.25, -0.2) is 0 Å². The lowest BCUT2D eigenvalue weighted by molar-refractivity contribution is -0.121. The van der Waals surface area contributed by atoms with Gasteiger partial charge in [0.2, 0.25) is 5.91 Å². The van der Waals surface area contributed by atoms with Gasteiger partial charge >= 0.3 is 0 Å². The molecule has 0 unspecified atom stereocenters. The molecular formula is C17H18ClN5O2. The molecule has 0 atom stereocenters. The number of fused-ring (bicyclic) bond motifs is 1. The number of benzene rings is 1. The molecule has 0 bridgehead atoms. The number of amides is 1. The number of rotatable bonds is 7. The molecule has 0 aliphatic rings. The minimum atomic E-state index is -0.0822. The van der Waals surface area contributed by atoms with E-state index >= 15 is 0 Å². The zero-order valence-electron chi connectivity index (χ0n) is 13.7. The van der Waals surface area contributed by atoms with Gasteiger partial charge in [-0.1, -0.05) is 17.7 Å². The molecule has 1 aromatic carbocycles. The molecule has 0 radical (unpaired) electrons. The Morgan fingerprint density at radius 2 is 2.16 bits per heavy atom. The topological polar surface area (TPSA) is 80.5 Å². The predicted molar refractivity (Wildman–Crippen MR) is 95.9 cm³/mol. The van der Waals surface area contributed by atoms with Crippen molar-refractivity contribution in [1.29, 1.82) is 0 Å². The Hall–Kier alpha value is -2.80. The lowest BCUT2D eigenvalue weighted by Crippen LogP contribution is -2.25. The Bertz CT molecular complexity index is 880. The Kier molecular flexibility index (Phi) is 5.35. The quantitative estimate of drug-likeness (QED) is 0.677. The first-order valence-corrected chi connectivity index (χ1v) is 8.18. The highest BCUT2D eigenvalue weighted by Gasteiger charge is 2.08. The zero-order chi connectivity index (χ0) is 17.6. The Morgan fingerprint density at radius 1 is 1.28 bits per heavy atom. The molecule has 2 aromatic heterocycles. The molecule has 2 N–H and O–H groups in total. The smallest absolute Gasteiger partial charge is 0.222 e. The van der Waals surface area contributed by atoms with Gasteiger partial charge in [0, 0.05) is 24.2 Å². The molecule has 8 heteroatoms. The van der Waals surface area contributed by atoms with Crippen molar-refractivity contribution in [1.82, 2.24) is 19.9 Å². The largest absolute Gasteiger partial charge is 0.495 e. The average molecular weight is 360 g/mol. The van der Waals surface area contributed by atoms with E-state index in [4.69, 9.17) is 16.3 Å². The van der Waals surface area contributed by atoms with Gasteiger partial charge in [-0.05, 0) is 30.3 Å². The lowest BCUT2D eigenvalue weighted by Gasteiger charge is -2.11. The molecule has 1 amide bonds.